The highest BCUT2D eigenvalue weighted by Crippen LogP contribution is 2.30. The van der Waals surface area contributed by atoms with Gasteiger partial charge in [-0.05, 0) is 31.0 Å². The third-order valence-corrected chi connectivity index (χ3v) is 4.33. The Balaban J connectivity index is 1.71. The van der Waals surface area contributed by atoms with Gasteiger partial charge < -0.3 is 21.1 Å². The molecule has 0 saturated carbocycles. The molecule has 23 heavy (non-hydrogen) atoms. The third kappa shape index (κ3) is 3.96. The van der Waals surface area contributed by atoms with Crippen LogP contribution in [0.15, 0.2) is 24.5 Å². The number of nitrogen functional groups attached to an aromatic ring is 1. The number of rotatable bonds is 5. The molecule has 0 aliphatic carbocycles. The summed E-state index contributed by atoms with van der Waals surface area (Å²) in [6.45, 7) is 1.49. The van der Waals surface area contributed by atoms with Crippen LogP contribution < -0.4 is 16.4 Å². The van der Waals surface area contributed by atoms with Gasteiger partial charge in [-0.1, -0.05) is 23.2 Å². The van der Waals surface area contributed by atoms with E-state index >= 15 is 0 Å². The lowest BCUT2D eigenvalue weighted by molar-refractivity contribution is 0.120. The SMILES string of the molecule is Nc1c(NCC2CCCO2)ncnc1Nc1ccc(Cl)c(Cl)c1. The molecule has 1 aromatic heterocycles. The van der Waals surface area contributed by atoms with Crippen LogP contribution in [0.3, 0.4) is 0 Å². The maximum atomic E-state index is 6.13. The molecule has 0 radical (unpaired) electrons. The van der Waals surface area contributed by atoms with Crippen molar-refractivity contribution in [2.24, 2.45) is 0 Å². The minimum absolute atomic E-state index is 0.204. The average molecular weight is 354 g/mol. The normalized spacial score (nSPS) is 17.2. The van der Waals surface area contributed by atoms with Crippen LogP contribution in [0.25, 0.3) is 0 Å². The maximum absolute atomic E-state index is 6.13. The molecular formula is C15H17Cl2N5O. The molecule has 1 saturated heterocycles. The number of nitrogens with one attached hydrogen (secondary N) is 2. The van der Waals surface area contributed by atoms with Gasteiger partial charge >= 0.3 is 0 Å². The first-order valence-electron chi connectivity index (χ1n) is 7.31. The van der Waals surface area contributed by atoms with Crippen molar-refractivity contribution >= 4 is 46.2 Å². The monoisotopic (exact) mass is 353 g/mol. The topological polar surface area (TPSA) is 85.1 Å². The zero-order chi connectivity index (χ0) is 16.2. The summed E-state index contributed by atoms with van der Waals surface area (Å²) in [6.07, 6.45) is 3.80. The van der Waals surface area contributed by atoms with Crippen LogP contribution in [0.2, 0.25) is 10.0 Å². The lowest BCUT2D eigenvalue weighted by Crippen LogP contribution is -2.20. The summed E-state index contributed by atoms with van der Waals surface area (Å²) in [5.41, 5.74) is 7.32. The number of ether oxygens (including phenoxy) is 1. The summed E-state index contributed by atoms with van der Waals surface area (Å²) in [6, 6.07) is 5.22. The molecule has 1 aliphatic rings. The second kappa shape index (κ2) is 7.21. The number of hydrogen-bond donors (Lipinski definition) is 3. The van der Waals surface area contributed by atoms with E-state index in [0.717, 1.165) is 25.1 Å². The predicted octanol–water partition coefficient (Wildman–Crippen LogP) is 3.70. The largest absolute Gasteiger partial charge is 0.393 e. The Morgan fingerprint density at radius 1 is 1.22 bits per heavy atom. The fourth-order valence-electron chi connectivity index (χ4n) is 2.36. The van der Waals surface area contributed by atoms with Crippen molar-refractivity contribution in [3.63, 3.8) is 0 Å². The molecular weight excluding hydrogens is 337 g/mol. The van der Waals surface area contributed by atoms with Gasteiger partial charge in [0.1, 0.15) is 12.0 Å². The molecule has 1 aromatic carbocycles. The highest BCUT2D eigenvalue weighted by Gasteiger charge is 2.16. The van der Waals surface area contributed by atoms with E-state index in [4.69, 9.17) is 33.7 Å². The molecule has 1 fully saturated rings. The minimum atomic E-state index is 0.204. The first-order chi connectivity index (χ1) is 11.1. The number of aromatic nitrogens is 2. The van der Waals surface area contributed by atoms with Gasteiger partial charge in [0, 0.05) is 18.8 Å². The van der Waals surface area contributed by atoms with Crippen molar-refractivity contribution in [1.82, 2.24) is 9.97 Å². The van der Waals surface area contributed by atoms with E-state index in [9.17, 15) is 0 Å². The van der Waals surface area contributed by atoms with E-state index in [0.29, 0.717) is 33.9 Å². The van der Waals surface area contributed by atoms with Gasteiger partial charge in [0.05, 0.1) is 16.1 Å². The molecule has 8 heteroatoms. The number of hydrogen-bond acceptors (Lipinski definition) is 6. The molecule has 0 spiro atoms. The van der Waals surface area contributed by atoms with Crippen LogP contribution in [0.4, 0.5) is 23.0 Å². The van der Waals surface area contributed by atoms with Gasteiger partial charge in [0.2, 0.25) is 0 Å². The zero-order valence-corrected chi connectivity index (χ0v) is 13.9. The van der Waals surface area contributed by atoms with E-state index in [1.54, 1.807) is 18.2 Å². The van der Waals surface area contributed by atoms with Gasteiger partial charge in [0.15, 0.2) is 11.6 Å². The lowest BCUT2D eigenvalue weighted by atomic mass is 10.2. The smallest absolute Gasteiger partial charge is 0.159 e. The second-order valence-electron chi connectivity index (χ2n) is 5.25. The summed E-state index contributed by atoms with van der Waals surface area (Å²) >= 11 is 11.9. The molecule has 0 bridgehead atoms. The lowest BCUT2D eigenvalue weighted by Gasteiger charge is -2.15. The number of nitrogens with zero attached hydrogens (tertiary/aromatic N) is 2. The molecule has 1 aliphatic heterocycles. The molecule has 122 valence electrons. The summed E-state index contributed by atoms with van der Waals surface area (Å²) < 4.78 is 5.58. The van der Waals surface area contributed by atoms with Gasteiger partial charge in [-0.25, -0.2) is 9.97 Å². The van der Waals surface area contributed by atoms with Gasteiger partial charge in [-0.2, -0.15) is 0 Å². The van der Waals surface area contributed by atoms with Gasteiger partial charge in [0.25, 0.3) is 0 Å². The number of halogens is 2. The molecule has 1 unspecified atom stereocenters. The first kappa shape index (κ1) is 16.1. The second-order valence-corrected chi connectivity index (χ2v) is 6.07. The predicted molar refractivity (Wildman–Crippen MR) is 93.7 cm³/mol. The summed E-state index contributed by atoms with van der Waals surface area (Å²) in [4.78, 5) is 8.35. The highest BCUT2D eigenvalue weighted by atomic mass is 35.5. The van der Waals surface area contributed by atoms with E-state index in [2.05, 4.69) is 20.6 Å². The zero-order valence-electron chi connectivity index (χ0n) is 12.4. The molecule has 1 atom stereocenters. The maximum Gasteiger partial charge on any atom is 0.159 e. The van der Waals surface area contributed by atoms with Crippen molar-refractivity contribution in [1.29, 1.82) is 0 Å². The molecule has 2 aromatic rings. The van der Waals surface area contributed by atoms with Crippen molar-refractivity contribution < 1.29 is 4.74 Å². The number of anilines is 4. The molecule has 2 heterocycles. The van der Waals surface area contributed by atoms with Crippen molar-refractivity contribution in [3.8, 4) is 0 Å². The number of benzene rings is 1. The van der Waals surface area contributed by atoms with Gasteiger partial charge in [-0.15, -0.1) is 0 Å². The molecule has 3 rings (SSSR count). The number of nitrogens with two attached hydrogens (primary N) is 1. The van der Waals surface area contributed by atoms with E-state index in [1.165, 1.54) is 6.33 Å². The van der Waals surface area contributed by atoms with Crippen LogP contribution in [0.1, 0.15) is 12.8 Å². The molecule has 4 N–H and O–H groups in total. The van der Waals surface area contributed by atoms with Crippen molar-refractivity contribution in [2.45, 2.75) is 18.9 Å². The Bertz CT molecular complexity index is 692. The quantitative estimate of drug-likeness (QED) is 0.759. The minimum Gasteiger partial charge on any atom is -0.393 e. The first-order valence-corrected chi connectivity index (χ1v) is 8.07. The summed E-state index contributed by atoms with van der Waals surface area (Å²) in [7, 11) is 0. The van der Waals surface area contributed by atoms with Crippen LogP contribution in [0.5, 0.6) is 0 Å². The average Bonchev–Trinajstić information content (AvgIpc) is 3.05. The van der Waals surface area contributed by atoms with Crippen LogP contribution in [0, 0.1) is 0 Å². The van der Waals surface area contributed by atoms with Crippen molar-refractivity contribution in [3.05, 3.63) is 34.6 Å². The fraction of sp³-hybridized carbons (Fsp3) is 0.333. The van der Waals surface area contributed by atoms with E-state index in [-0.39, 0.29) is 6.10 Å². The highest BCUT2D eigenvalue weighted by molar-refractivity contribution is 6.42. The summed E-state index contributed by atoms with van der Waals surface area (Å²) in [5, 5.41) is 7.28. The summed E-state index contributed by atoms with van der Waals surface area (Å²) in [5.74, 6) is 1.09. The van der Waals surface area contributed by atoms with E-state index < -0.39 is 0 Å². The molecule has 0 amide bonds. The molecule has 6 nitrogen and oxygen atoms in total. The standard InChI is InChI=1S/C15H17Cl2N5O/c16-11-4-3-9(6-12(11)17)22-15-13(18)14(20-8-21-15)19-7-10-2-1-5-23-10/h3-4,6,8,10H,1-2,5,7,18H2,(H2,19,20,21,22). The fourth-order valence-corrected chi connectivity index (χ4v) is 2.66. The van der Waals surface area contributed by atoms with Crippen LogP contribution >= 0.6 is 23.2 Å². The van der Waals surface area contributed by atoms with Gasteiger partial charge in [-0.3, -0.25) is 0 Å². The van der Waals surface area contributed by atoms with E-state index in [1.807, 2.05) is 0 Å². The Morgan fingerprint density at radius 2 is 2.04 bits per heavy atom. The van der Waals surface area contributed by atoms with Crippen molar-refractivity contribution in [2.75, 3.05) is 29.5 Å². The Morgan fingerprint density at radius 3 is 2.78 bits per heavy atom. The van der Waals surface area contributed by atoms with Crippen LogP contribution in [-0.2, 0) is 4.74 Å². The Labute approximate surface area is 144 Å². The van der Waals surface area contributed by atoms with Crippen LogP contribution in [-0.4, -0.2) is 29.2 Å². The Hall–Kier alpha value is -1.76. The third-order valence-electron chi connectivity index (χ3n) is 3.59. The Kier molecular flexibility index (Phi) is 5.05.